The molecule has 0 radical (unpaired) electrons. The van der Waals surface area contributed by atoms with Crippen molar-refractivity contribution < 1.29 is 12.8 Å². The van der Waals surface area contributed by atoms with Gasteiger partial charge in [-0.3, -0.25) is 4.72 Å². The van der Waals surface area contributed by atoms with Crippen molar-refractivity contribution in [3.63, 3.8) is 0 Å². The summed E-state index contributed by atoms with van der Waals surface area (Å²) in [6, 6.07) is 9.19. The third-order valence-corrected chi connectivity index (χ3v) is 6.11. The first-order valence-electron chi connectivity index (χ1n) is 8.33. The van der Waals surface area contributed by atoms with Gasteiger partial charge in [-0.1, -0.05) is 18.2 Å². The number of benzene rings is 2. The fourth-order valence-electron chi connectivity index (χ4n) is 2.63. The standard InChI is InChI=1S/C19H19FN4O2S2/c1-4-6-13-7-5-8-16(20)18(13)28(25,26)23-14-9-10-17-15(11-14)19(22-27-17)21-12-24(2)3/h4-5,7-12,23H,1,6H2,2-3H3. The Morgan fingerprint density at radius 1 is 1.32 bits per heavy atom. The number of rotatable bonds is 7. The van der Waals surface area contributed by atoms with Crippen LogP contribution in [0.25, 0.3) is 10.1 Å². The lowest BCUT2D eigenvalue weighted by molar-refractivity contribution is 0.567. The molecule has 1 heterocycles. The van der Waals surface area contributed by atoms with Crippen LogP contribution in [0.15, 0.2) is 58.9 Å². The maximum atomic E-state index is 14.3. The molecule has 0 spiro atoms. The highest BCUT2D eigenvalue weighted by Gasteiger charge is 2.23. The second-order valence-electron chi connectivity index (χ2n) is 6.25. The molecule has 0 amide bonds. The van der Waals surface area contributed by atoms with Gasteiger partial charge in [0.25, 0.3) is 10.0 Å². The number of aromatic nitrogens is 1. The van der Waals surface area contributed by atoms with Gasteiger partial charge in [0.1, 0.15) is 10.7 Å². The fraction of sp³-hybridized carbons (Fsp3) is 0.158. The van der Waals surface area contributed by atoms with Crippen molar-refractivity contribution in [3.05, 3.63) is 60.4 Å². The zero-order chi connectivity index (χ0) is 20.3. The average molecular weight is 419 g/mol. The van der Waals surface area contributed by atoms with Gasteiger partial charge in [-0.25, -0.2) is 17.8 Å². The Balaban J connectivity index is 2.00. The third kappa shape index (κ3) is 4.20. The van der Waals surface area contributed by atoms with Gasteiger partial charge in [-0.15, -0.1) is 6.58 Å². The van der Waals surface area contributed by atoms with E-state index in [4.69, 9.17) is 0 Å². The monoisotopic (exact) mass is 418 g/mol. The molecule has 0 atom stereocenters. The molecule has 0 bridgehead atoms. The second-order valence-corrected chi connectivity index (χ2v) is 8.68. The van der Waals surface area contributed by atoms with Crippen LogP contribution in [-0.2, 0) is 16.4 Å². The number of halogens is 1. The molecule has 1 N–H and O–H groups in total. The van der Waals surface area contributed by atoms with Crippen molar-refractivity contribution in [2.75, 3.05) is 18.8 Å². The first kappa shape index (κ1) is 20.0. The van der Waals surface area contributed by atoms with Crippen molar-refractivity contribution in [2.24, 2.45) is 4.99 Å². The summed E-state index contributed by atoms with van der Waals surface area (Å²) in [5.41, 5.74) is 0.652. The number of hydrogen-bond acceptors (Lipinski definition) is 5. The van der Waals surface area contributed by atoms with E-state index in [0.717, 1.165) is 10.8 Å². The van der Waals surface area contributed by atoms with Gasteiger partial charge in [0.15, 0.2) is 5.82 Å². The molecule has 146 valence electrons. The number of fused-ring (bicyclic) bond motifs is 1. The van der Waals surface area contributed by atoms with E-state index < -0.39 is 15.8 Å². The summed E-state index contributed by atoms with van der Waals surface area (Å²) >= 11 is 1.27. The summed E-state index contributed by atoms with van der Waals surface area (Å²) in [5.74, 6) is -0.311. The van der Waals surface area contributed by atoms with Crippen molar-refractivity contribution in [1.82, 2.24) is 9.27 Å². The number of hydrogen-bond donors (Lipinski definition) is 1. The highest BCUT2D eigenvalue weighted by atomic mass is 32.2. The Morgan fingerprint density at radius 2 is 2.11 bits per heavy atom. The molecule has 0 fully saturated rings. The lowest BCUT2D eigenvalue weighted by Gasteiger charge is -2.12. The van der Waals surface area contributed by atoms with Crippen LogP contribution in [0.3, 0.4) is 0 Å². The Kier molecular flexibility index (Phi) is 5.76. The second kappa shape index (κ2) is 8.07. The first-order valence-corrected chi connectivity index (χ1v) is 10.6. The molecule has 3 rings (SSSR count). The minimum Gasteiger partial charge on any atom is -0.369 e. The molecule has 0 saturated heterocycles. The largest absolute Gasteiger partial charge is 0.369 e. The van der Waals surface area contributed by atoms with Crippen LogP contribution < -0.4 is 4.72 Å². The van der Waals surface area contributed by atoms with E-state index in [1.807, 2.05) is 14.1 Å². The van der Waals surface area contributed by atoms with Gasteiger partial charge in [0, 0.05) is 25.2 Å². The number of nitrogens with zero attached hydrogens (tertiary/aromatic N) is 3. The Bertz CT molecular complexity index is 1150. The van der Waals surface area contributed by atoms with Crippen molar-refractivity contribution in [2.45, 2.75) is 11.3 Å². The van der Waals surface area contributed by atoms with E-state index in [1.54, 1.807) is 35.5 Å². The molecule has 0 saturated carbocycles. The summed E-state index contributed by atoms with van der Waals surface area (Å²) in [7, 11) is -0.443. The summed E-state index contributed by atoms with van der Waals surface area (Å²) < 4.78 is 47.7. The van der Waals surface area contributed by atoms with E-state index in [-0.39, 0.29) is 11.3 Å². The van der Waals surface area contributed by atoms with Crippen molar-refractivity contribution in [3.8, 4) is 0 Å². The van der Waals surface area contributed by atoms with Gasteiger partial charge >= 0.3 is 0 Å². The number of aliphatic imine (C=N–C) groups is 1. The highest BCUT2D eigenvalue weighted by molar-refractivity contribution is 7.92. The molecule has 0 aliphatic carbocycles. The lowest BCUT2D eigenvalue weighted by Crippen LogP contribution is -2.16. The summed E-state index contributed by atoms with van der Waals surface area (Å²) in [5, 5.41) is 0.711. The maximum absolute atomic E-state index is 14.3. The highest BCUT2D eigenvalue weighted by Crippen LogP contribution is 2.32. The Morgan fingerprint density at radius 3 is 2.82 bits per heavy atom. The molecule has 1 aromatic heterocycles. The van der Waals surface area contributed by atoms with Crippen LogP contribution in [0.1, 0.15) is 5.56 Å². The van der Waals surface area contributed by atoms with Gasteiger partial charge in [-0.2, -0.15) is 4.37 Å². The number of anilines is 1. The Hall–Kier alpha value is -2.78. The SMILES string of the molecule is C=CCc1cccc(F)c1S(=O)(=O)Nc1ccc2snc(N=CN(C)C)c2c1. The molecule has 0 aliphatic heterocycles. The van der Waals surface area contributed by atoms with E-state index in [9.17, 15) is 12.8 Å². The zero-order valence-corrected chi connectivity index (χ0v) is 17.0. The van der Waals surface area contributed by atoms with Crippen molar-refractivity contribution in [1.29, 1.82) is 0 Å². The maximum Gasteiger partial charge on any atom is 0.265 e. The molecule has 2 aromatic carbocycles. The molecular formula is C19H19FN4O2S2. The van der Waals surface area contributed by atoms with Gasteiger partial charge < -0.3 is 4.90 Å². The van der Waals surface area contributed by atoms with Crippen LogP contribution in [0.2, 0.25) is 0 Å². The quantitative estimate of drug-likeness (QED) is 0.355. The van der Waals surface area contributed by atoms with Gasteiger partial charge in [0.2, 0.25) is 0 Å². The summed E-state index contributed by atoms with van der Waals surface area (Å²) in [6.07, 6.45) is 3.39. The minimum absolute atomic E-state index is 0.241. The minimum atomic E-state index is -4.12. The van der Waals surface area contributed by atoms with Crippen molar-refractivity contribution >= 4 is 49.5 Å². The molecular weight excluding hydrogens is 399 g/mol. The van der Waals surface area contributed by atoms with E-state index >= 15 is 0 Å². The van der Waals surface area contributed by atoms with E-state index in [2.05, 4.69) is 20.7 Å². The van der Waals surface area contributed by atoms with Crippen LogP contribution >= 0.6 is 11.5 Å². The first-order chi connectivity index (χ1) is 13.3. The van der Waals surface area contributed by atoms with Gasteiger partial charge in [-0.05, 0) is 47.8 Å². The molecule has 28 heavy (non-hydrogen) atoms. The van der Waals surface area contributed by atoms with Gasteiger partial charge in [0.05, 0.1) is 11.0 Å². The summed E-state index contributed by atoms with van der Waals surface area (Å²) in [6.45, 7) is 3.60. The lowest BCUT2D eigenvalue weighted by atomic mass is 10.1. The van der Waals surface area contributed by atoms with Crippen LogP contribution in [-0.4, -0.2) is 38.1 Å². The number of allylic oxidation sites excluding steroid dienone is 1. The number of nitrogens with one attached hydrogen (secondary N) is 1. The predicted molar refractivity (Wildman–Crippen MR) is 113 cm³/mol. The molecule has 6 nitrogen and oxygen atoms in total. The average Bonchev–Trinajstić information content (AvgIpc) is 3.02. The van der Waals surface area contributed by atoms with Crippen LogP contribution in [0.5, 0.6) is 0 Å². The topological polar surface area (TPSA) is 74.7 Å². The predicted octanol–water partition coefficient (Wildman–Crippen LogP) is 4.19. The smallest absolute Gasteiger partial charge is 0.265 e. The molecule has 3 aromatic rings. The normalized spacial score (nSPS) is 11.8. The number of sulfonamides is 1. The van der Waals surface area contributed by atoms with E-state index in [0.29, 0.717) is 22.5 Å². The van der Waals surface area contributed by atoms with Crippen LogP contribution in [0, 0.1) is 5.82 Å². The molecule has 0 unspecified atom stereocenters. The van der Waals surface area contributed by atoms with E-state index in [1.165, 1.54) is 23.7 Å². The summed E-state index contributed by atoms with van der Waals surface area (Å²) in [4.78, 5) is 5.70. The molecule has 9 heteroatoms. The fourth-order valence-corrected chi connectivity index (χ4v) is 4.70. The van der Waals surface area contributed by atoms with Crippen LogP contribution in [0.4, 0.5) is 15.9 Å². The zero-order valence-electron chi connectivity index (χ0n) is 15.4. The third-order valence-electron chi connectivity index (χ3n) is 3.80. The Labute approximate surface area is 167 Å². The molecule has 0 aliphatic rings.